The molecule has 1 N–H and O–H groups in total. The number of carboxylic acids is 1. The van der Waals surface area contributed by atoms with Crippen LogP contribution in [-0.2, 0) is 9.05 Å². The zero-order valence-electron chi connectivity index (χ0n) is 11.1. The molecular weight excluding hydrogens is 365 g/mol. The number of halogens is 2. The van der Waals surface area contributed by atoms with Crippen molar-refractivity contribution in [3.63, 3.8) is 0 Å². The number of fused-ring (bicyclic) bond motifs is 1. The molecule has 0 saturated heterocycles. The van der Waals surface area contributed by atoms with Crippen LogP contribution in [0.2, 0.25) is 5.02 Å². The SMILES string of the molecule is O=C(O)c1cc(S(=O)(=O)Cl)c(Cl)c2nn(-c3ccccc3)nc12. The van der Waals surface area contributed by atoms with E-state index in [1.54, 1.807) is 30.3 Å². The molecule has 118 valence electrons. The number of aromatic nitrogens is 3. The van der Waals surface area contributed by atoms with Crippen molar-refractivity contribution in [2.24, 2.45) is 0 Å². The molecule has 0 aliphatic heterocycles. The van der Waals surface area contributed by atoms with Gasteiger partial charge in [-0.05, 0) is 18.2 Å². The summed E-state index contributed by atoms with van der Waals surface area (Å²) in [6.45, 7) is 0. The first-order chi connectivity index (χ1) is 10.8. The molecule has 0 aliphatic carbocycles. The molecule has 0 radical (unpaired) electrons. The molecule has 0 fully saturated rings. The molecule has 2 aromatic carbocycles. The Hall–Kier alpha value is -2.16. The number of carboxylic acid groups (broad SMARTS) is 1. The molecule has 0 saturated carbocycles. The quantitative estimate of drug-likeness (QED) is 0.710. The van der Waals surface area contributed by atoms with E-state index in [1.165, 1.54) is 4.80 Å². The largest absolute Gasteiger partial charge is 0.478 e. The molecule has 7 nitrogen and oxygen atoms in total. The molecule has 1 aromatic heterocycles. The lowest BCUT2D eigenvalue weighted by Crippen LogP contribution is -2.02. The maximum Gasteiger partial charge on any atom is 0.338 e. The molecule has 10 heteroatoms. The van der Waals surface area contributed by atoms with Crippen molar-refractivity contribution in [3.05, 3.63) is 47.0 Å². The molecule has 0 aliphatic rings. The predicted octanol–water partition coefficient (Wildman–Crippen LogP) is 2.70. The first kappa shape index (κ1) is 15.7. The Morgan fingerprint density at radius 3 is 2.30 bits per heavy atom. The smallest absolute Gasteiger partial charge is 0.338 e. The lowest BCUT2D eigenvalue weighted by atomic mass is 10.2. The lowest BCUT2D eigenvalue weighted by Gasteiger charge is -2.02. The highest BCUT2D eigenvalue weighted by Gasteiger charge is 2.25. The van der Waals surface area contributed by atoms with Crippen LogP contribution in [-0.4, -0.2) is 34.5 Å². The molecule has 0 atom stereocenters. The second-order valence-corrected chi connectivity index (χ2v) is 7.41. The summed E-state index contributed by atoms with van der Waals surface area (Å²) in [5, 5.41) is 17.2. The van der Waals surface area contributed by atoms with Gasteiger partial charge in [0, 0.05) is 10.7 Å². The number of rotatable bonds is 3. The molecule has 0 bridgehead atoms. The van der Waals surface area contributed by atoms with Gasteiger partial charge in [0.15, 0.2) is 0 Å². The Kier molecular flexibility index (Phi) is 3.75. The van der Waals surface area contributed by atoms with Crippen LogP contribution < -0.4 is 0 Å². The minimum Gasteiger partial charge on any atom is -0.478 e. The zero-order valence-corrected chi connectivity index (χ0v) is 13.5. The van der Waals surface area contributed by atoms with E-state index in [1.807, 2.05) is 0 Å². The number of carbonyl (C=O) groups is 1. The summed E-state index contributed by atoms with van der Waals surface area (Å²) in [5.41, 5.74) is 0.113. The fourth-order valence-electron chi connectivity index (χ4n) is 2.03. The minimum absolute atomic E-state index is 0.0320. The number of hydrogen-bond donors (Lipinski definition) is 1. The normalized spacial score (nSPS) is 11.7. The summed E-state index contributed by atoms with van der Waals surface area (Å²) in [7, 11) is 1.07. The van der Waals surface area contributed by atoms with Crippen LogP contribution in [0.4, 0.5) is 0 Å². The van der Waals surface area contributed by atoms with Crippen LogP contribution in [0.5, 0.6) is 0 Å². The number of benzene rings is 2. The maximum atomic E-state index is 11.6. The number of hydrogen-bond acceptors (Lipinski definition) is 5. The Balaban J connectivity index is 2.39. The number of nitrogens with zero attached hydrogens (tertiary/aromatic N) is 3. The maximum absolute atomic E-state index is 11.6. The van der Waals surface area contributed by atoms with Crippen molar-refractivity contribution in [2.75, 3.05) is 0 Å². The Morgan fingerprint density at radius 1 is 1.13 bits per heavy atom. The van der Waals surface area contributed by atoms with Crippen LogP contribution in [0.1, 0.15) is 10.4 Å². The molecule has 3 rings (SSSR count). The summed E-state index contributed by atoms with van der Waals surface area (Å²) in [5.74, 6) is -1.37. The number of para-hydroxylation sites is 1. The molecule has 23 heavy (non-hydrogen) atoms. The van der Waals surface area contributed by atoms with E-state index in [9.17, 15) is 18.3 Å². The van der Waals surface area contributed by atoms with E-state index in [0.29, 0.717) is 5.69 Å². The average Bonchev–Trinajstić information content (AvgIpc) is 2.92. The molecule has 1 heterocycles. The van der Waals surface area contributed by atoms with Gasteiger partial charge in [0.05, 0.1) is 16.3 Å². The lowest BCUT2D eigenvalue weighted by molar-refractivity contribution is 0.0698. The summed E-state index contributed by atoms with van der Waals surface area (Å²) >= 11 is 6.03. The molecular formula is C13H7Cl2N3O4S. The van der Waals surface area contributed by atoms with Gasteiger partial charge in [-0.2, -0.15) is 4.80 Å². The van der Waals surface area contributed by atoms with E-state index >= 15 is 0 Å². The zero-order chi connectivity index (χ0) is 16.8. The van der Waals surface area contributed by atoms with Crippen molar-refractivity contribution >= 4 is 48.3 Å². The Labute approximate surface area is 139 Å². The van der Waals surface area contributed by atoms with E-state index in [0.717, 1.165) is 6.07 Å². The second-order valence-electron chi connectivity index (χ2n) is 4.50. The van der Waals surface area contributed by atoms with Gasteiger partial charge in [-0.1, -0.05) is 29.8 Å². The van der Waals surface area contributed by atoms with Crippen molar-refractivity contribution in [2.45, 2.75) is 4.90 Å². The molecule has 0 unspecified atom stereocenters. The van der Waals surface area contributed by atoms with E-state index < -0.39 is 19.9 Å². The van der Waals surface area contributed by atoms with E-state index in [-0.39, 0.29) is 21.6 Å². The van der Waals surface area contributed by atoms with Crippen LogP contribution in [0.3, 0.4) is 0 Å². The molecule has 0 spiro atoms. The van der Waals surface area contributed by atoms with E-state index in [2.05, 4.69) is 10.2 Å². The van der Waals surface area contributed by atoms with Crippen molar-refractivity contribution < 1.29 is 18.3 Å². The van der Waals surface area contributed by atoms with Gasteiger partial charge in [0.2, 0.25) is 0 Å². The van der Waals surface area contributed by atoms with Crippen molar-refractivity contribution in [1.82, 2.24) is 15.0 Å². The first-order valence-corrected chi connectivity index (χ1v) is 8.80. The topological polar surface area (TPSA) is 102 Å². The highest BCUT2D eigenvalue weighted by molar-refractivity contribution is 8.13. The standard InChI is InChI=1S/C13H7Cl2N3O4S/c14-10-9(23(15,21)22)6-8(13(19)20)11-12(10)17-18(16-11)7-4-2-1-3-5-7/h1-6H,(H,19,20). The molecule has 0 amide bonds. The fourth-order valence-corrected chi connectivity index (χ4v) is 3.57. The minimum atomic E-state index is -4.24. The van der Waals surface area contributed by atoms with Crippen LogP contribution in [0.25, 0.3) is 16.7 Å². The third-order valence-corrected chi connectivity index (χ3v) is 4.89. The van der Waals surface area contributed by atoms with Crippen LogP contribution >= 0.6 is 22.3 Å². The van der Waals surface area contributed by atoms with Crippen LogP contribution in [0, 0.1) is 0 Å². The van der Waals surface area contributed by atoms with Gasteiger partial charge in [-0.3, -0.25) is 0 Å². The molecule has 3 aromatic rings. The fraction of sp³-hybridized carbons (Fsp3) is 0. The third-order valence-electron chi connectivity index (χ3n) is 3.05. The van der Waals surface area contributed by atoms with Gasteiger partial charge in [-0.25, -0.2) is 13.2 Å². The van der Waals surface area contributed by atoms with Gasteiger partial charge >= 0.3 is 5.97 Å². The third kappa shape index (κ3) is 2.76. The van der Waals surface area contributed by atoms with Gasteiger partial charge in [0.1, 0.15) is 15.9 Å². The predicted molar refractivity (Wildman–Crippen MR) is 83.9 cm³/mol. The number of aromatic carboxylic acids is 1. The highest BCUT2D eigenvalue weighted by atomic mass is 35.7. The second kappa shape index (κ2) is 5.48. The van der Waals surface area contributed by atoms with Gasteiger partial charge < -0.3 is 5.11 Å². The Bertz CT molecular complexity index is 1030. The monoisotopic (exact) mass is 371 g/mol. The van der Waals surface area contributed by atoms with Crippen molar-refractivity contribution in [3.8, 4) is 5.69 Å². The Morgan fingerprint density at radius 2 is 1.74 bits per heavy atom. The van der Waals surface area contributed by atoms with E-state index in [4.69, 9.17) is 22.3 Å². The summed E-state index contributed by atoms with van der Waals surface area (Å²) in [6.07, 6.45) is 0. The van der Waals surface area contributed by atoms with Gasteiger partial charge in [-0.15, -0.1) is 10.2 Å². The summed E-state index contributed by atoms with van der Waals surface area (Å²) in [4.78, 5) is 12.0. The highest BCUT2D eigenvalue weighted by Crippen LogP contribution is 2.33. The summed E-state index contributed by atoms with van der Waals surface area (Å²) < 4.78 is 23.2. The average molecular weight is 372 g/mol. The summed E-state index contributed by atoms with van der Waals surface area (Å²) in [6, 6.07) is 9.56. The van der Waals surface area contributed by atoms with Crippen LogP contribution in [0.15, 0.2) is 41.3 Å². The van der Waals surface area contributed by atoms with Gasteiger partial charge in [0.25, 0.3) is 9.05 Å². The van der Waals surface area contributed by atoms with Crippen molar-refractivity contribution in [1.29, 1.82) is 0 Å². The first-order valence-electron chi connectivity index (χ1n) is 6.12.